The fraction of sp³-hybridized carbons (Fsp3) is 0.111. The fourth-order valence-electron chi connectivity index (χ4n) is 2.63. The van der Waals surface area contributed by atoms with Gasteiger partial charge in [-0.1, -0.05) is 12.1 Å². The molecule has 0 aliphatic heterocycles. The number of likely N-dealkylation sites (N-methyl/N-ethyl adjacent to an activating group) is 1. The molecule has 26 heavy (non-hydrogen) atoms. The van der Waals surface area contributed by atoms with Crippen LogP contribution in [0.4, 0.5) is 11.5 Å². The van der Waals surface area contributed by atoms with E-state index in [1.54, 1.807) is 32.3 Å². The third kappa shape index (κ3) is 3.12. The molecular formula is C18H17N5O3. The van der Waals surface area contributed by atoms with Gasteiger partial charge in [0.2, 0.25) is 5.91 Å². The molecule has 132 valence electrons. The molecule has 0 saturated carbocycles. The molecular weight excluding hydrogens is 334 g/mol. The first-order valence-electron chi connectivity index (χ1n) is 7.79. The van der Waals surface area contributed by atoms with E-state index in [9.17, 15) is 14.9 Å². The number of hydrogen-bond donors (Lipinski definition) is 2. The van der Waals surface area contributed by atoms with E-state index in [0.29, 0.717) is 16.7 Å². The van der Waals surface area contributed by atoms with Gasteiger partial charge in [0, 0.05) is 37.9 Å². The van der Waals surface area contributed by atoms with Crippen molar-refractivity contribution in [2.75, 3.05) is 19.8 Å². The molecule has 0 aliphatic carbocycles. The van der Waals surface area contributed by atoms with Gasteiger partial charge >= 0.3 is 0 Å². The predicted molar refractivity (Wildman–Crippen MR) is 100 cm³/mol. The third-order valence-corrected chi connectivity index (χ3v) is 4.02. The third-order valence-electron chi connectivity index (χ3n) is 4.02. The molecule has 0 unspecified atom stereocenters. The van der Waals surface area contributed by atoms with Crippen LogP contribution in [0.15, 0.2) is 42.5 Å². The highest BCUT2D eigenvalue weighted by molar-refractivity contribution is 6.06. The lowest BCUT2D eigenvalue weighted by molar-refractivity contribution is -0.384. The van der Waals surface area contributed by atoms with E-state index >= 15 is 0 Å². The molecule has 8 nitrogen and oxygen atoms in total. The van der Waals surface area contributed by atoms with Gasteiger partial charge in [-0.25, -0.2) is 0 Å². The molecule has 0 radical (unpaired) electrons. The Labute approximate surface area is 149 Å². The molecule has 0 atom stereocenters. The van der Waals surface area contributed by atoms with Gasteiger partial charge in [-0.15, -0.1) is 0 Å². The molecule has 0 bridgehead atoms. The van der Waals surface area contributed by atoms with Crippen LogP contribution in [0, 0.1) is 10.1 Å². The maximum Gasteiger partial charge on any atom is 0.269 e. The average molecular weight is 351 g/mol. The minimum atomic E-state index is -0.443. The van der Waals surface area contributed by atoms with E-state index in [0.717, 1.165) is 16.7 Å². The molecule has 2 aromatic carbocycles. The number of carbonyl (C=O) groups is 1. The van der Waals surface area contributed by atoms with Crippen molar-refractivity contribution in [1.29, 1.82) is 0 Å². The van der Waals surface area contributed by atoms with E-state index < -0.39 is 4.92 Å². The SMILES string of the molecule is CN(C)C(=O)C=Cc1ccc(-c2ccc([N+](=O)[O-])cc2)c2c(N)n[nH]c12. The van der Waals surface area contributed by atoms with Crippen molar-refractivity contribution in [3.63, 3.8) is 0 Å². The number of nitro groups is 1. The standard InChI is InChI=1S/C18H17N5O3/c1-22(2)15(24)10-6-12-5-9-14(16-17(12)20-21-18(16)19)11-3-7-13(8-4-11)23(25)26/h3-10H,1-2H3,(H3,19,20,21). The Hall–Kier alpha value is -3.68. The number of aromatic amines is 1. The van der Waals surface area contributed by atoms with Crippen molar-refractivity contribution in [3.05, 3.63) is 58.2 Å². The predicted octanol–water partition coefficient (Wildman–Crippen LogP) is 2.82. The number of non-ortho nitro benzene ring substituents is 1. The average Bonchev–Trinajstić information content (AvgIpc) is 3.01. The summed E-state index contributed by atoms with van der Waals surface area (Å²) < 4.78 is 0. The number of H-pyrrole nitrogens is 1. The van der Waals surface area contributed by atoms with Crippen LogP contribution in [0.2, 0.25) is 0 Å². The van der Waals surface area contributed by atoms with Gasteiger partial charge < -0.3 is 10.6 Å². The number of nitrogens with one attached hydrogen (secondary N) is 1. The molecule has 0 aliphatic rings. The van der Waals surface area contributed by atoms with Crippen LogP contribution in [-0.2, 0) is 4.79 Å². The number of nitro benzene ring substituents is 1. The van der Waals surface area contributed by atoms with E-state index in [-0.39, 0.29) is 11.6 Å². The topological polar surface area (TPSA) is 118 Å². The van der Waals surface area contributed by atoms with Crippen LogP contribution >= 0.6 is 0 Å². The van der Waals surface area contributed by atoms with Crippen LogP contribution < -0.4 is 5.73 Å². The summed E-state index contributed by atoms with van der Waals surface area (Å²) in [6.45, 7) is 0. The zero-order valence-electron chi connectivity index (χ0n) is 14.3. The summed E-state index contributed by atoms with van der Waals surface area (Å²) in [5.41, 5.74) is 9.09. The van der Waals surface area contributed by atoms with Crippen LogP contribution in [0.1, 0.15) is 5.56 Å². The fourth-order valence-corrected chi connectivity index (χ4v) is 2.63. The number of benzene rings is 2. The Bertz CT molecular complexity index is 1020. The Morgan fingerprint density at radius 1 is 1.23 bits per heavy atom. The van der Waals surface area contributed by atoms with Crippen LogP contribution in [0.25, 0.3) is 28.1 Å². The summed E-state index contributed by atoms with van der Waals surface area (Å²) >= 11 is 0. The van der Waals surface area contributed by atoms with Crippen molar-refractivity contribution < 1.29 is 9.72 Å². The highest BCUT2D eigenvalue weighted by Crippen LogP contribution is 2.34. The zero-order chi connectivity index (χ0) is 18.8. The number of nitrogen functional groups attached to an aromatic ring is 1. The van der Waals surface area contributed by atoms with Gasteiger partial charge in [0.05, 0.1) is 15.8 Å². The second kappa shape index (κ2) is 6.67. The van der Waals surface area contributed by atoms with Gasteiger partial charge in [0.15, 0.2) is 5.82 Å². The summed E-state index contributed by atoms with van der Waals surface area (Å²) in [5, 5.41) is 18.5. The molecule has 1 aromatic heterocycles. The zero-order valence-corrected chi connectivity index (χ0v) is 14.3. The number of amides is 1. The highest BCUT2D eigenvalue weighted by atomic mass is 16.6. The van der Waals surface area contributed by atoms with Crippen molar-refractivity contribution in [2.45, 2.75) is 0 Å². The van der Waals surface area contributed by atoms with Crippen LogP contribution in [0.3, 0.4) is 0 Å². The number of carbonyl (C=O) groups excluding carboxylic acids is 1. The molecule has 8 heteroatoms. The lowest BCUT2D eigenvalue weighted by Gasteiger charge is -2.07. The van der Waals surface area contributed by atoms with Gasteiger partial charge in [-0.2, -0.15) is 5.10 Å². The highest BCUT2D eigenvalue weighted by Gasteiger charge is 2.14. The van der Waals surface area contributed by atoms with Crippen molar-refractivity contribution in [3.8, 4) is 11.1 Å². The lowest BCUT2D eigenvalue weighted by atomic mass is 9.98. The van der Waals surface area contributed by atoms with Crippen molar-refractivity contribution in [2.24, 2.45) is 0 Å². The number of rotatable bonds is 4. The molecule has 1 heterocycles. The molecule has 0 fully saturated rings. The van der Waals surface area contributed by atoms with Gasteiger partial charge in [0.1, 0.15) is 0 Å². The van der Waals surface area contributed by atoms with E-state index in [1.807, 2.05) is 12.1 Å². The van der Waals surface area contributed by atoms with Crippen LogP contribution in [0.5, 0.6) is 0 Å². The number of fused-ring (bicyclic) bond motifs is 1. The normalized spacial score (nSPS) is 11.2. The van der Waals surface area contributed by atoms with Gasteiger partial charge in [0.25, 0.3) is 5.69 Å². The first kappa shape index (κ1) is 17.2. The Morgan fingerprint density at radius 3 is 2.54 bits per heavy atom. The van der Waals surface area contributed by atoms with Crippen molar-refractivity contribution in [1.82, 2.24) is 15.1 Å². The van der Waals surface area contributed by atoms with Gasteiger partial charge in [-0.05, 0) is 29.3 Å². The minimum absolute atomic E-state index is 0.0203. The van der Waals surface area contributed by atoms with E-state index in [1.165, 1.54) is 23.1 Å². The quantitative estimate of drug-likeness (QED) is 0.426. The number of nitrogens with two attached hydrogens (primary N) is 1. The first-order valence-corrected chi connectivity index (χ1v) is 7.79. The Kier molecular flexibility index (Phi) is 4.40. The number of nitrogens with zero attached hydrogens (tertiary/aromatic N) is 3. The molecule has 0 saturated heterocycles. The second-order valence-electron chi connectivity index (χ2n) is 5.93. The Morgan fingerprint density at radius 2 is 1.92 bits per heavy atom. The maximum atomic E-state index is 11.8. The Balaban J connectivity index is 2.09. The summed E-state index contributed by atoms with van der Waals surface area (Å²) in [4.78, 5) is 23.6. The van der Waals surface area contributed by atoms with Crippen LogP contribution in [-0.4, -0.2) is 40.0 Å². The smallest absolute Gasteiger partial charge is 0.269 e. The second-order valence-corrected chi connectivity index (χ2v) is 5.93. The summed E-state index contributed by atoms with van der Waals surface area (Å²) in [5.74, 6) is 0.188. The monoisotopic (exact) mass is 351 g/mol. The van der Waals surface area contributed by atoms with E-state index in [4.69, 9.17) is 5.73 Å². The maximum absolute atomic E-state index is 11.8. The molecule has 3 N–H and O–H groups in total. The molecule has 3 rings (SSSR count). The number of aromatic nitrogens is 2. The first-order chi connectivity index (χ1) is 12.4. The molecule has 0 spiro atoms. The van der Waals surface area contributed by atoms with E-state index in [2.05, 4.69) is 10.2 Å². The lowest BCUT2D eigenvalue weighted by Crippen LogP contribution is -2.18. The summed E-state index contributed by atoms with van der Waals surface area (Å²) in [6.07, 6.45) is 3.17. The molecule has 3 aromatic rings. The number of anilines is 1. The molecule has 1 amide bonds. The van der Waals surface area contributed by atoms with Crippen molar-refractivity contribution >= 4 is 34.4 Å². The summed E-state index contributed by atoms with van der Waals surface area (Å²) in [7, 11) is 3.35. The summed E-state index contributed by atoms with van der Waals surface area (Å²) in [6, 6.07) is 9.93. The van der Waals surface area contributed by atoms with Gasteiger partial charge in [-0.3, -0.25) is 20.0 Å². The largest absolute Gasteiger partial charge is 0.382 e. The minimum Gasteiger partial charge on any atom is -0.382 e. The number of hydrogen-bond acceptors (Lipinski definition) is 5.